The maximum Gasteiger partial charge on any atom is 0.416 e. The molecule has 8 aromatic carbocycles. The minimum absolute atomic E-state index is 0.561. The molecule has 47 heavy (non-hydrogen) atoms. The lowest BCUT2D eigenvalue weighted by Gasteiger charge is -2.26. The van der Waals surface area contributed by atoms with Crippen molar-refractivity contribution in [3.63, 3.8) is 0 Å². The van der Waals surface area contributed by atoms with E-state index in [2.05, 4.69) is 76.6 Å². The van der Waals surface area contributed by atoms with E-state index in [1.165, 1.54) is 12.1 Å². The fourth-order valence-electron chi connectivity index (χ4n) is 6.98. The molecular formula is C43H26BrF3. The van der Waals surface area contributed by atoms with Crippen molar-refractivity contribution in [2.24, 2.45) is 0 Å². The fraction of sp³-hybridized carbons (Fsp3) is 0.0233. The van der Waals surface area contributed by atoms with Crippen molar-refractivity contribution < 1.29 is 13.2 Å². The summed E-state index contributed by atoms with van der Waals surface area (Å²) in [5.74, 6) is 0. The molecule has 0 nitrogen and oxygen atoms in total. The molecule has 0 aliphatic heterocycles. The van der Waals surface area contributed by atoms with Crippen molar-refractivity contribution >= 4 is 48.2 Å². The molecule has 0 bridgehead atoms. The molecule has 0 aromatic heterocycles. The van der Waals surface area contributed by atoms with E-state index in [0.717, 1.165) is 75.9 Å². The SMILES string of the molecule is FC(F)(F)c1ccc2c(c1)c1cc(Br)ccc1c1c(-c3ccccc3)c(-c3ccccc3)c(-c3ccccc3)c(-c3ccccc3)c21. The first-order valence-corrected chi connectivity index (χ1v) is 16.2. The van der Waals surface area contributed by atoms with Gasteiger partial charge in [0.2, 0.25) is 0 Å². The molecule has 0 aliphatic rings. The highest BCUT2D eigenvalue weighted by molar-refractivity contribution is 9.10. The highest BCUT2D eigenvalue weighted by Crippen LogP contribution is 2.54. The number of hydrogen-bond acceptors (Lipinski definition) is 0. The molecule has 8 rings (SSSR count). The minimum atomic E-state index is -4.48. The molecular weight excluding hydrogens is 653 g/mol. The van der Waals surface area contributed by atoms with Crippen LogP contribution in [0.15, 0.2) is 162 Å². The van der Waals surface area contributed by atoms with Crippen molar-refractivity contribution in [2.75, 3.05) is 0 Å². The Morgan fingerprint density at radius 2 is 0.723 bits per heavy atom. The van der Waals surface area contributed by atoms with E-state index < -0.39 is 11.7 Å². The average Bonchev–Trinajstić information content (AvgIpc) is 3.11. The molecule has 0 fully saturated rings. The highest BCUT2D eigenvalue weighted by atomic mass is 79.9. The molecule has 0 atom stereocenters. The summed E-state index contributed by atoms with van der Waals surface area (Å²) in [5.41, 5.74) is 7.58. The maximum absolute atomic E-state index is 14.3. The van der Waals surface area contributed by atoms with Gasteiger partial charge >= 0.3 is 6.18 Å². The third-order valence-corrected chi connectivity index (χ3v) is 9.40. The van der Waals surface area contributed by atoms with Gasteiger partial charge in [-0.05, 0) is 101 Å². The molecule has 0 N–H and O–H groups in total. The summed E-state index contributed by atoms with van der Waals surface area (Å²) in [6, 6.07) is 51.5. The van der Waals surface area contributed by atoms with Crippen LogP contribution in [0.5, 0.6) is 0 Å². The van der Waals surface area contributed by atoms with Crippen LogP contribution in [-0.4, -0.2) is 0 Å². The lowest BCUT2D eigenvalue weighted by molar-refractivity contribution is -0.137. The van der Waals surface area contributed by atoms with Gasteiger partial charge in [0.25, 0.3) is 0 Å². The van der Waals surface area contributed by atoms with Crippen LogP contribution in [0.3, 0.4) is 0 Å². The van der Waals surface area contributed by atoms with Gasteiger partial charge < -0.3 is 0 Å². The van der Waals surface area contributed by atoms with Crippen LogP contribution in [-0.2, 0) is 6.18 Å². The van der Waals surface area contributed by atoms with E-state index in [1.54, 1.807) is 6.07 Å². The second kappa shape index (κ2) is 11.6. The number of halogens is 4. The van der Waals surface area contributed by atoms with Gasteiger partial charge in [-0.25, -0.2) is 0 Å². The molecule has 0 spiro atoms. The first-order chi connectivity index (χ1) is 22.9. The van der Waals surface area contributed by atoms with Gasteiger partial charge in [-0.2, -0.15) is 13.2 Å². The largest absolute Gasteiger partial charge is 0.416 e. The summed E-state index contributed by atoms with van der Waals surface area (Å²) in [6.07, 6.45) is -4.48. The fourth-order valence-corrected chi connectivity index (χ4v) is 7.34. The van der Waals surface area contributed by atoms with Crippen molar-refractivity contribution in [3.8, 4) is 44.5 Å². The number of fused-ring (bicyclic) bond motifs is 6. The lowest BCUT2D eigenvalue weighted by Crippen LogP contribution is -2.05. The topological polar surface area (TPSA) is 0 Å². The third-order valence-electron chi connectivity index (χ3n) is 8.91. The number of benzene rings is 8. The molecule has 0 saturated carbocycles. The Labute approximate surface area is 278 Å². The molecule has 0 unspecified atom stereocenters. The van der Waals surface area contributed by atoms with Crippen molar-refractivity contribution in [2.45, 2.75) is 6.18 Å². The summed E-state index contributed by atoms with van der Waals surface area (Å²) in [4.78, 5) is 0. The predicted molar refractivity (Wildman–Crippen MR) is 193 cm³/mol. The second-order valence-electron chi connectivity index (χ2n) is 11.7. The van der Waals surface area contributed by atoms with E-state index in [0.29, 0.717) is 5.39 Å². The Morgan fingerprint density at radius 1 is 0.362 bits per heavy atom. The van der Waals surface area contributed by atoms with Gasteiger partial charge in [-0.1, -0.05) is 149 Å². The smallest absolute Gasteiger partial charge is 0.166 e. The van der Waals surface area contributed by atoms with Gasteiger partial charge in [0.05, 0.1) is 5.56 Å². The second-order valence-corrected chi connectivity index (χ2v) is 12.6. The first-order valence-electron chi connectivity index (χ1n) is 15.4. The maximum atomic E-state index is 14.3. The van der Waals surface area contributed by atoms with Gasteiger partial charge in [-0.3, -0.25) is 0 Å². The van der Waals surface area contributed by atoms with E-state index >= 15 is 0 Å². The van der Waals surface area contributed by atoms with Gasteiger partial charge in [-0.15, -0.1) is 0 Å². The van der Waals surface area contributed by atoms with Crippen LogP contribution in [0.2, 0.25) is 0 Å². The van der Waals surface area contributed by atoms with E-state index in [9.17, 15) is 13.2 Å². The van der Waals surface area contributed by atoms with Crippen LogP contribution in [0.25, 0.3) is 76.8 Å². The van der Waals surface area contributed by atoms with Crippen LogP contribution < -0.4 is 0 Å². The van der Waals surface area contributed by atoms with Crippen LogP contribution in [0.4, 0.5) is 13.2 Å². The quantitative estimate of drug-likeness (QED) is 0.162. The Morgan fingerprint density at radius 3 is 1.13 bits per heavy atom. The number of rotatable bonds is 4. The van der Waals surface area contributed by atoms with Crippen molar-refractivity contribution in [1.29, 1.82) is 0 Å². The molecule has 0 saturated heterocycles. The zero-order chi connectivity index (χ0) is 32.1. The normalized spacial score (nSPS) is 11.8. The average molecular weight is 680 g/mol. The molecule has 4 heteroatoms. The van der Waals surface area contributed by atoms with Crippen molar-refractivity contribution in [1.82, 2.24) is 0 Å². The number of hydrogen-bond donors (Lipinski definition) is 0. The standard InChI is InChI=1S/C43H26BrF3/c44-32-22-24-34-36(26-32)35-25-31(43(45,46)47)21-23-33(35)41-39(29-17-9-3-10-18-29)37(27-13-5-1-6-14-27)38(28-15-7-2-8-16-28)40(42(34)41)30-19-11-4-12-20-30/h1-26H. The van der Waals surface area contributed by atoms with Crippen LogP contribution in [0, 0.1) is 0 Å². The summed E-state index contributed by atoms with van der Waals surface area (Å²) >= 11 is 3.63. The highest BCUT2D eigenvalue weighted by Gasteiger charge is 2.32. The molecule has 0 heterocycles. The molecule has 0 amide bonds. The van der Waals surface area contributed by atoms with E-state index in [-0.39, 0.29) is 0 Å². The predicted octanol–water partition coefficient (Wildman–Crippen LogP) is 13.6. The minimum Gasteiger partial charge on any atom is -0.166 e. The summed E-state index contributed by atoms with van der Waals surface area (Å²) < 4.78 is 43.6. The summed E-state index contributed by atoms with van der Waals surface area (Å²) in [5, 5.41) is 4.91. The van der Waals surface area contributed by atoms with Gasteiger partial charge in [0.1, 0.15) is 0 Å². The van der Waals surface area contributed by atoms with Gasteiger partial charge in [0.15, 0.2) is 0 Å². The summed E-state index contributed by atoms with van der Waals surface area (Å²) in [6.45, 7) is 0. The number of alkyl halides is 3. The Balaban J connectivity index is 1.76. The van der Waals surface area contributed by atoms with Gasteiger partial charge in [0, 0.05) is 4.47 Å². The Bertz CT molecular complexity index is 2420. The first kappa shape index (κ1) is 29.2. The van der Waals surface area contributed by atoms with Crippen LogP contribution in [0.1, 0.15) is 5.56 Å². The zero-order valence-corrected chi connectivity index (χ0v) is 26.6. The van der Waals surface area contributed by atoms with Crippen molar-refractivity contribution in [3.05, 3.63) is 168 Å². The Hall–Kier alpha value is -5.19. The van der Waals surface area contributed by atoms with E-state index in [4.69, 9.17) is 0 Å². The summed E-state index contributed by atoms with van der Waals surface area (Å²) in [7, 11) is 0. The monoisotopic (exact) mass is 678 g/mol. The van der Waals surface area contributed by atoms with Crippen LogP contribution >= 0.6 is 15.9 Å². The Kier molecular flexibility index (Phi) is 7.19. The third kappa shape index (κ3) is 5.01. The molecule has 0 aliphatic carbocycles. The molecule has 8 aromatic rings. The molecule has 226 valence electrons. The lowest BCUT2D eigenvalue weighted by atomic mass is 9.76. The molecule has 0 radical (unpaired) electrons. The zero-order valence-electron chi connectivity index (χ0n) is 25.0. The van der Waals surface area contributed by atoms with E-state index in [1.807, 2.05) is 78.9 Å².